The largest absolute Gasteiger partial charge is 0.335 e. The molecule has 0 aliphatic rings. The normalized spacial score (nSPS) is 10.1. The zero-order valence-corrected chi connectivity index (χ0v) is 12.3. The summed E-state index contributed by atoms with van der Waals surface area (Å²) in [7, 11) is 0. The van der Waals surface area contributed by atoms with Crippen LogP contribution in [0.3, 0.4) is 0 Å². The number of carbonyl (C=O) groups excluding carboxylic acids is 1. The van der Waals surface area contributed by atoms with Crippen LogP contribution in [0.2, 0.25) is 0 Å². The van der Waals surface area contributed by atoms with Crippen molar-refractivity contribution in [3.63, 3.8) is 0 Å². The molecule has 0 unspecified atom stereocenters. The van der Waals surface area contributed by atoms with E-state index in [9.17, 15) is 4.79 Å². The van der Waals surface area contributed by atoms with Gasteiger partial charge in [0.2, 0.25) is 0 Å². The van der Waals surface area contributed by atoms with Crippen LogP contribution < -0.4 is 0 Å². The number of benzene rings is 1. The van der Waals surface area contributed by atoms with Crippen LogP contribution in [0, 0.1) is 0 Å². The van der Waals surface area contributed by atoms with E-state index in [0.29, 0.717) is 17.0 Å². The smallest absolute Gasteiger partial charge is 0.255 e. The second-order valence-corrected chi connectivity index (χ2v) is 5.10. The fourth-order valence-corrected chi connectivity index (χ4v) is 2.40. The lowest BCUT2D eigenvalue weighted by Gasteiger charge is -2.21. The lowest BCUT2D eigenvalue weighted by atomic mass is 10.2. The first-order valence-electron chi connectivity index (χ1n) is 5.48. The van der Waals surface area contributed by atoms with E-state index < -0.39 is 0 Å². The Morgan fingerprint density at radius 1 is 1.59 bits per heavy atom. The predicted octanol–water partition coefficient (Wildman–Crippen LogP) is 3.78. The molecule has 0 spiro atoms. The molecule has 0 bridgehead atoms. The van der Waals surface area contributed by atoms with Gasteiger partial charge in [-0.15, -0.1) is 19.2 Å². The summed E-state index contributed by atoms with van der Waals surface area (Å²) >= 11 is 7.69. The fourth-order valence-electron chi connectivity index (χ4n) is 1.56. The predicted molar refractivity (Wildman–Crippen MR) is 77.8 cm³/mol. The van der Waals surface area contributed by atoms with Crippen LogP contribution in [0.5, 0.6) is 0 Å². The summed E-state index contributed by atoms with van der Waals surface area (Å²) < 4.78 is 0.921. The zero-order chi connectivity index (χ0) is 12.8. The topological polar surface area (TPSA) is 20.3 Å². The molecule has 0 radical (unpaired) electrons. The number of hydrogen-bond acceptors (Lipinski definition) is 2. The average Bonchev–Trinajstić information content (AvgIpc) is 2.28. The molecule has 0 saturated carbocycles. The lowest BCUT2D eigenvalue weighted by molar-refractivity contribution is 0.0770. The molecule has 0 aliphatic carbocycles. The molecule has 1 amide bonds. The van der Waals surface area contributed by atoms with Gasteiger partial charge in [0.1, 0.15) is 0 Å². The van der Waals surface area contributed by atoms with Gasteiger partial charge in [-0.1, -0.05) is 28.9 Å². The molecule has 1 aromatic carbocycles. The van der Waals surface area contributed by atoms with Crippen LogP contribution >= 0.6 is 28.6 Å². The number of amides is 1. The first-order valence-corrected chi connectivity index (χ1v) is 6.72. The van der Waals surface area contributed by atoms with Crippen LogP contribution in [0.1, 0.15) is 23.7 Å². The summed E-state index contributed by atoms with van der Waals surface area (Å²) in [6.07, 6.45) is 2.67. The van der Waals surface area contributed by atoms with E-state index in [1.165, 1.54) is 0 Å². The highest BCUT2D eigenvalue weighted by molar-refractivity contribution is 9.10. The Hall–Kier alpha value is -0.740. The van der Waals surface area contributed by atoms with Gasteiger partial charge in [-0.05, 0) is 24.6 Å². The highest BCUT2D eigenvalue weighted by Crippen LogP contribution is 2.21. The first kappa shape index (κ1) is 14.3. The second kappa shape index (κ2) is 6.87. The standard InChI is InChI=1S/C13H16BrNOS/c1-3-7-15(8-4-2)13(16)11-6-5-10(14)9-12(11)17/h3,5-6,9,17H,1,4,7-8H2,2H3. The van der Waals surface area contributed by atoms with E-state index in [-0.39, 0.29) is 5.91 Å². The fraction of sp³-hybridized carbons (Fsp3) is 0.308. The highest BCUT2D eigenvalue weighted by atomic mass is 79.9. The van der Waals surface area contributed by atoms with Gasteiger partial charge >= 0.3 is 0 Å². The van der Waals surface area contributed by atoms with E-state index in [0.717, 1.165) is 17.4 Å². The third-order valence-electron chi connectivity index (χ3n) is 2.32. The Morgan fingerprint density at radius 2 is 2.29 bits per heavy atom. The van der Waals surface area contributed by atoms with E-state index in [1.54, 1.807) is 17.0 Å². The summed E-state index contributed by atoms with van der Waals surface area (Å²) in [5.41, 5.74) is 0.631. The third-order valence-corrected chi connectivity index (χ3v) is 3.18. The van der Waals surface area contributed by atoms with Gasteiger partial charge in [-0.2, -0.15) is 0 Å². The molecule has 0 N–H and O–H groups in total. The van der Waals surface area contributed by atoms with Crippen molar-refractivity contribution in [2.24, 2.45) is 0 Å². The summed E-state index contributed by atoms with van der Waals surface area (Å²) in [5.74, 6) is 0.00394. The summed E-state index contributed by atoms with van der Waals surface area (Å²) in [6, 6.07) is 5.47. The van der Waals surface area contributed by atoms with Crippen LogP contribution in [-0.2, 0) is 0 Å². The minimum absolute atomic E-state index is 0.00394. The molecular formula is C13H16BrNOS. The van der Waals surface area contributed by atoms with E-state index in [1.807, 2.05) is 19.1 Å². The van der Waals surface area contributed by atoms with Crippen molar-refractivity contribution in [3.8, 4) is 0 Å². The molecule has 0 saturated heterocycles. The third kappa shape index (κ3) is 3.89. The molecule has 92 valence electrons. The van der Waals surface area contributed by atoms with E-state index in [2.05, 4.69) is 35.1 Å². The van der Waals surface area contributed by atoms with Crippen LogP contribution in [0.15, 0.2) is 40.2 Å². The monoisotopic (exact) mass is 313 g/mol. The Morgan fingerprint density at radius 3 is 2.82 bits per heavy atom. The molecule has 0 aromatic heterocycles. The van der Waals surface area contributed by atoms with Crippen molar-refractivity contribution in [2.75, 3.05) is 13.1 Å². The molecule has 4 heteroatoms. The Balaban J connectivity index is 2.96. The van der Waals surface area contributed by atoms with E-state index >= 15 is 0 Å². The van der Waals surface area contributed by atoms with Crippen molar-refractivity contribution in [3.05, 3.63) is 40.9 Å². The number of halogens is 1. The van der Waals surface area contributed by atoms with Gasteiger partial charge in [-0.25, -0.2) is 0 Å². The maximum absolute atomic E-state index is 12.3. The summed E-state index contributed by atoms with van der Waals surface area (Å²) in [5, 5.41) is 0. The molecule has 0 heterocycles. The summed E-state index contributed by atoms with van der Waals surface area (Å²) in [6.45, 7) is 7.02. The van der Waals surface area contributed by atoms with Gasteiger partial charge in [0.25, 0.3) is 5.91 Å². The van der Waals surface area contributed by atoms with Crippen molar-refractivity contribution in [1.82, 2.24) is 4.90 Å². The molecule has 0 atom stereocenters. The number of carbonyl (C=O) groups is 1. The SMILES string of the molecule is C=CCN(CCC)C(=O)c1ccc(Br)cc1S. The average molecular weight is 314 g/mol. The highest BCUT2D eigenvalue weighted by Gasteiger charge is 2.16. The van der Waals surface area contributed by atoms with Gasteiger partial charge in [0, 0.05) is 22.5 Å². The molecule has 17 heavy (non-hydrogen) atoms. The van der Waals surface area contributed by atoms with E-state index in [4.69, 9.17) is 0 Å². The maximum Gasteiger partial charge on any atom is 0.255 e. The molecule has 2 nitrogen and oxygen atoms in total. The summed E-state index contributed by atoms with van der Waals surface area (Å²) in [4.78, 5) is 14.7. The number of hydrogen-bond donors (Lipinski definition) is 1. The molecule has 1 aromatic rings. The van der Waals surface area contributed by atoms with Crippen molar-refractivity contribution >= 4 is 34.5 Å². The van der Waals surface area contributed by atoms with Crippen LogP contribution in [0.25, 0.3) is 0 Å². The van der Waals surface area contributed by atoms with Gasteiger partial charge in [-0.3, -0.25) is 4.79 Å². The quantitative estimate of drug-likeness (QED) is 0.648. The Labute approximate surface area is 116 Å². The lowest BCUT2D eigenvalue weighted by Crippen LogP contribution is -2.32. The Kier molecular flexibility index (Phi) is 5.78. The molecule has 0 aliphatic heterocycles. The first-order chi connectivity index (χ1) is 8.10. The van der Waals surface area contributed by atoms with Crippen LogP contribution in [-0.4, -0.2) is 23.9 Å². The van der Waals surface area contributed by atoms with Crippen LogP contribution in [0.4, 0.5) is 0 Å². The van der Waals surface area contributed by atoms with Gasteiger partial charge in [0.15, 0.2) is 0 Å². The van der Waals surface area contributed by atoms with Crippen molar-refractivity contribution < 1.29 is 4.79 Å². The maximum atomic E-state index is 12.3. The number of nitrogens with zero attached hydrogens (tertiary/aromatic N) is 1. The molecular weight excluding hydrogens is 298 g/mol. The number of rotatable bonds is 5. The minimum Gasteiger partial charge on any atom is -0.335 e. The zero-order valence-electron chi connectivity index (χ0n) is 9.82. The minimum atomic E-state index is 0.00394. The van der Waals surface area contributed by atoms with Gasteiger partial charge in [0.05, 0.1) is 5.56 Å². The second-order valence-electron chi connectivity index (χ2n) is 3.70. The van der Waals surface area contributed by atoms with Crippen molar-refractivity contribution in [1.29, 1.82) is 0 Å². The van der Waals surface area contributed by atoms with Gasteiger partial charge < -0.3 is 4.90 Å². The van der Waals surface area contributed by atoms with Crippen molar-refractivity contribution in [2.45, 2.75) is 18.2 Å². The molecule has 0 fully saturated rings. The molecule has 1 rings (SSSR count). The number of thiol groups is 1. The Bertz CT molecular complexity index is 420.